The van der Waals surface area contributed by atoms with Crippen LogP contribution in [-0.4, -0.2) is 31.3 Å². The predicted octanol–water partition coefficient (Wildman–Crippen LogP) is 14.5. The van der Waals surface area contributed by atoms with Crippen LogP contribution >= 0.6 is 0 Å². The average molecular weight is 642 g/mol. The second kappa shape index (κ2) is 38.3. The van der Waals surface area contributed by atoms with Crippen LogP contribution in [-0.2, 0) is 4.79 Å². The molecule has 46 heavy (non-hydrogen) atoms. The lowest BCUT2D eigenvalue weighted by Crippen LogP contribution is -2.17. The van der Waals surface area contributed by atoms with Gasteiger partial charge in [0.05, 0.1) is 0 Å². The Morgan fingerprint density at radius 1 is 0.457 bits per heavy atom. The molecule has 0 saturated carbocycles. The number of rotatable bonds is 37. The highest BCUT2D eigenvalue weighted by Gasteiger charge is 2.12. The van der Waals surface area contributed by atoms with Crippen LogP contribution in [0.15, 0.2) is 36.5 Å². The van der Waals surface area contributed by atoms with Crippen LogP contribution in [0.5, 0.6) is 0 Å². The van der Waals surface area contributed by atoms with Crippen molar-refractivity contribution in [1.29, 1.82) is 0 Å². The Morgan fingerprint density at radius 2 is 0.826 bits per heavy atom. The molecule has 0 saturated heterocycles. The molecule has 270 valence electrons. The second-order valence-electron chi connectivity index (χ2n) is 14.6. The third-order valence-electron chi connectivity index (χ3n) is 9.61. The van der Waals surface area contributed by atoms with Crippen molar-refractivity contribution in [1.82, 2.24) is 4.90 Å². The maximum atomic E-state index is 12.5. The summed E-state index contributed by atoms with van der Waals surface area (Å²) in [5.41, 5.74) is 0. The first-order chi connectivity index (χ1) is 22.6. The predicted molar refractivity (Wildman–Crippen MR) is 209 cm³/mol. The fourth-order valence-corrected chi connectivity index (χ4v) is 6.37. The second-order valence-corrected chi connectivity index (χ2v) is 14.6. The molecule has 2 heteroatoms. The minimum absolute atomic E-state index is 0.469. The van der Waals surface area contributed by atoms with Crippen LogP contribution in [0.2, 0.25) is 0 Å². The summed E-state index contributed by atoms with van der Waals surface area (Å²) in [4.78, 5) is 14.6. The lowest BCUT2D eigenvalue weighted by Gasteiger charge is -2.17. The van der Waals surface area contributed by atoms with Gasteiger partial charge in [0.2, 0.25) is 0 Å². The Morgan fingerprint density at radius 3 is 1.28 bits per heavy atom. The van der Waals surface area contributed by atoms with Gasteiger partial charge in [-0.1, -0.05) is 172 Å². The fraction of sp³-hybridized carbons (Fsp3) is 0.841. The van der Waals surface area contributed by atoms with Crippen LogP contribution in [0.4, 0.5) is 0 Å². The zero-order valence-electron chi connectivity index (χ0n) is 32.0. The topological polar surface area (TPSA) is 20.3 Å². The first-order valence-corrected chi connectivity index (χ1v) is 20.7. The van der Waals surface area contributed by atoms with Gasteiger partial charge in [0.15, 0.2) is 0 Å². The number of ketones is 1. The molecular weight excluding hydrogens is 558 g/mol. The van der Waals surface area contributed by atoms with Gasteiger partial charge in [0.25, 0.3) is 0 Å². The van der Waals surface area contributed by atoms with Crippen molar-refractivity contribution in [3.8, 4) is 0 Å². The fourth-order valence-electron chi connectivity index (χ4n) is 6.37. The van der Waals surface area contributed by atoms with Crippen LogP contribution in [0.3, 0.4) is 0 Å². The number of unbranched alkanes of at least 4 members (excludes halogenated alkanes) is 21. The van der Waals surface area contributed by atoms with E-state index in [0.29, 0.717) is 5.78 Å². The van der Waals surface area contributed by atoms with E-state index in [1.165, 1.54) is 173 Å². The number of hydrogen-bond acceptors (Lipinski definition) is 2. The Kier molecular flexibility index (Phi) is 37.3. The number of carbonyl (C=O) groups excluding carboxylic acids is 1. The Balaban J connectivity index is 3.97. The number of allylic oxidation sites excluding steroid dienone is 6. The van der Waals surface area contributed by atoms with E-state index in [0.717, 1.165) is 38.1 Å². The van der Waals surface area contributed by atoms with E-state index in [1.54, 1.807) is 0 Å². The lowest BCUT2D eigenvalue weighted by atomic mass is 9.89. The van der Waals surface area contributed by atoms with E-state index in [1.807, 2.05) is 0 Å². The van der Waals surface area contributed by atoms with Crippen molar-refractivity contribution < 1.29 is 4.79 Å². The van der Waals surface area contributed by atoms with E-state index in [2.05, 4.69) is 69.3 Å². The zero-order chi connectivity index (χ0) is 33.6. The maximum absolute atomic E-state index is 12.5. The molecule has 0 heterocycles. The molecule has 0 aliphatic carbocycles. The number of carbonyl (C=O) groups is 1. The summed E-state index contributed by atoms with van der Waals surface area (Å²) in [6, 6.07) is 0. The van der Waals surface area contributed by atoms with E-state index < -0.39 is 0 Å². The largest absolute Gasteiger partial charge is 0.309 e. The molecule has 2 nitrogen and oxygen atoms in total. The molecule has 1 atom stereocenters. The Bertz CT molecular complexity index is 690. The molecule has 0 aromatic heterocycles. The summed E-state index contributed by atoms with van der Waals surface area (Å²) in [7, 11) is 4.13. The standard InChI is InChI=1S/C44H83NO/c1-5-7-9-11-13-15-17-19-21-23-25-27-29-31-33-35-37-43(39-40-44(46)41-42-45(3)4)38-36-34-32-30-28-26-24-22-20-18-16-14-12-10-8-6-2/h13,15,19-22,43H,5-12,14,16-18,23-42H2,1-4H3/b15-13-,21-19-,22-20-. The summed E-state index contributed by atoms with van der Waals surface area (Å²) >= 11 is 0. The molecule has 0 aliphatic heterocycles. The van der Waals surface area contributed by atoms with E-state index in [9.17, 15) is 4.79 Å². The Hall–Kier alpha value is -1.15. The van der Waals surface area contributed by atoms with E-state index >= 15 is 0 Å². The van der Waals surface area contributed by atoms with Gasteiger partial charge < -0.3 is 4.90 Å². The summed E-state index contributed by atoms with van der Waals surface area (Å²) < 4.78 is 0. The molecule has 0 N–H and O–H groups in total. The highest BCUT2D eigenvalue weighted by Crippen LogP contribution is 2.24. The van der Waals surface area contributed by atoms with Gasteiger partial charge in [0, 0.05) is 19.4 Å². The van der Waals surface area contributed by atoms with Gasteiger partial charge in [-0.25, -0.2) is 0 Å². The zero-order valence-corrected chi connectivity index (χ0v) is 32.0. The van der Waals surface area contributed by atoms with Gasteiger partial charge in [0.1, 0.15) is 5.78 Å². The lowest BCUT2D eigenvalue weighted by molar-refractivity contribution is -0.119. The van der Waals surface area contributed by atoms with Crippen molar-refractivity contribution in [2.45, 2.75) is 213 Å². The molecule has 0 aromatic carbocycles. The van der Waals surface area contributed by atoms with Crippen molar-refractivity contribution >= 4 is 5.78 Å². The molecule has 0 rings (SSSR count). The maximum Gasteiger partial charge on any atom is 0.134 e. The van der Waals surface area contributed by atoms with Crippen LogP contribution in [0.1, 0.15) is 213 Å². The SMILES string of the molecule is CCCCC/C=C\C/C=C\CCCCCCCCC(CCCCCCCC/C=C\CCCCCCCC)CCC(=O)CCN(C)C. The van der Waals surface area contributed by atoms with Crippen molar-refractivity contribution in [3.63, 3.8) is 0 Å². The van der Waals surface area contributed by atoms with Crippen molar-refractivity contribution in [2.75, 3.05) is 20.6 Å². The highest BCUT2D eigenvalue weighted by molar-refractivity contribution is 5.78. The smallest absolute Gasteiger partial charge is 0.134 e. The third-order valence-corrected chi connectivity index (χ3v) is 9.61. The average Bonchev–Trinajstić information content (AvgIpc) is 3.05. The first kappa shape index (κ1) is 44.9. The summed E-state index contributed by atoms with van der Waals surface area (Å²) in [5, 5.41) is 0. The van der Waals surface area contributed by atoms with Gasteiger partial charge in [-0.15, -0.1) is 0 Å². The summed E-state index contributed by atoms with van der Waals surface area (Å²) in [5.74, 6) is 1.22. The molecule has 0 aromatic rings. The van der Waals surface area contributed by atoms with E-state index in [4.69, 9.17) is 0 Å². The number of hydrogen-bond donors (Lipinski definition) is 0. The molecule has 0 bridgehead atoms. The molecule has 0 aliphatic rings. The minimum atomic E-state index is 0.469. The van der Waals surface area contributed by atoms with Gasteiger partial charge >= 0.3 is 0 Å². The highest BCUT2D eigenvalue weighted by atomic mass is 16.1. The molecular formula is C44H83NO. The van der Waals surface area contributed by atoms with Crippen LogP contribution < -0.4 is 0 Å². The molecule has 0 spiro atoms. The van der Waals surface area contributed by atoms with Crippen LogP contribution in [0.25, 0.3) is 0 Å². The quantitative estimate of drug-likeness (QED) is 0.0497. The molecule has 0 radical (unpaired) electrons. The third kappa shape index (κ3) is 37.3. The molecule has 1 unspecified atom stereocenters. The van der Waals surface area contributed by atoms with Gasteiger partial charge in [-0.3, -0.25) is 4.79 Å². The minimum Gasteiger partial charge on any atom is -0.309 e. The van der Waals surface area contributed by atoms with Crippen molar-refractivity contribution in [2.24, 2.45) is 5.92 Å². The number of nitrogens with zero attached hydrogens (tertiary/aromatic N) is 1. The number of Topliss-reactive ketones (excluding diaryl/α,β-unsaturated/α-hetero) is 1. The molecule has 0 amide bonds. The van der Waals surface area contributed by atoms with E-state index in [-0.39, 0.29) is 0 Å². The monoisotopic (exact) mass is 642 g/mol. The Labute approximate surface area is 290 Å². The summed E-state index contributed by atoms with van der Waals surface area (Å²) in [6.07, 6.45) is 54.6. The molecule has 0 fully saturated rings. The normalized spacial score (nSPS) is 12.9. The summed E-state index contributed by atoms with van der Waals surface area (Å²) in [6.45, 7) is 5.45. The van der Waals surface area contributed by atoms with Gasteiger partial charge in [-0.2, -0.15) is 0 Å². The van der Waals surface area contributed by atoms with Crippen LogP contribution in [0, 0.1) is 5.92 Å². The first-order valence-electron chi connectivity index (χ1n) is 20.7. The van der Waals surface area contributed by atoms with Gasteiger partial charge in [-0.05, 0) is 84.2 Å². The van der Waals surface area contributed by atoms with Crippen molar-refractivity contribution in [3.05, 3.63) is 36.5 Å².